The highest BCUT2D eigenvalue weighted by molar-refractivity contribution is 6.54. The lowest BCUT2D eigenvalue weighted by Crippen LogP contribution is -2.35. The van der Waals surface area contributed by atoms with Crippen molar-refractivity contribution in [1.29, 1.82) is 0 Å². The van der Waals surface area contributed by atoms with Crippen LogP contribution in [0.1, 0.15) is 53.7 Å². The van der Waals surface area contributed by atoms with Gasteiger partial charge in [0.1, 0.15) is 11.4 Å². The van der Waals surface area contributed by atoms with Gasteiger partial charge in [-0.25, -0.2) is 0 Å². The number of fused-ring (bicyclic) bond motifs is 4. The van der Waals surface area contributed by atoms with Crippen LogP contribution in [0.3, 0.4) is 0 Å². The summed E-state index contributed by atoms with van der Waals surface area (Å²) in [6.07, 6.45) is 1.34. The van der Waals surface area contributed by atoms with E-state index in [1.807, 2.05) is 45.0 Å². The number of Topliss-reactive ketones (excluding diaryl/α,β-unsaturated/α-hetero) is 2. The van der Waals surface area contributed by atoms with Crippen LogP contribution in [0.15, 0.2) is 29.8 Å². The second kappa shape index (κ2) is 4.79. The minimum Gasteiger partial charge on any atom is -0.487 e. The summed E-state index contributed by atoms with van der Waals surface area (Å²) < 4.78 is 6.21. The van der Waals surface area contributed by atoms with E-state index in [1.54, 1.807) is 0 Å². The molecule has 2 aliphatic rings. The van der Waals surface area contributed by atoms with Crippen LogP contribution in [0.4, 0.5) is 0 Å². The van der Waals surface area contributed by atoms with Crippen LogP contribution in [-0.2, 0) is 9.53 Å². The molecule has 0 amide bonds. The van der Waals surface area contributed by atoms with E-state index < -0.39 is 11.6 Å². The quantitative estimate of drug-likeness (QED) is 0.670. The van der Waals surface area contributed by atoms with Gasteiger partial charge in [-0.15, -0.1) is 0 Å². The number of carbonyl (C=O) groups excluding carboxylic acids is 2. The molecule has 0 saturated heterocycles. The van der Waals surface area contributed by atoms with Crippen LogP contribution in [-0.4, -0.2) is 17.2 Å². The lowest BCUT2D eigenvalue weighted by Gasteiger charge is -2.37. The highest BCUT2D eigenvalue weighted by atomic mass is 16.5. The summed E-state index contributed by atoms with van der Waals surface area (Å²) in [6.45, 7) is 8.13. The van der Waals surface area contributed by atoms with Crippen LogP contribution in [0.25, 0.3) is 16.5 Å². The fourth-order valence-corrected chi connectivity index (χ4v) is 3.86. The SMILES string of the molecule is Cc1c2c(c3ccccc3c1C)C(=O)C(=O)C1=C2OC(C)(C)CC1. The minimum absolute atomic E-state index is 0.331. The maximum Gasteiger partial charge on any atom is 0.234 e. The fraction of sp³-hybridized carbons (Fsp3) is 0.333. The van der Waals surface area contributed by atoms with E-state index >= 15 is 0 Å². The van der Waals surface area contributed by atoms with Gasteiger partial charge in [-0.1, -0.05) is 24.3 Å². The highest BCUT2D eigenvalue weighted by Crippen LogP contribution is 2.45. The van der Waals surface area contributed by atoms with Crippen LogP contribution in [0, 0.1) is 13.8 Å². The smallest absolute Gasteiger partial charge is 0.234 e. The molecule has 0 spiro atoms. The zero-order valence-electron chi connectivity index (χ0n) is 14.4. The molecule has 0 N–H and O–H groups in total. The topological polar surface area (TPSA) is 43.4 Å². The molecule has 4 rings (SSSR count). The van der Waals surface area contributed by atoms with Crippen molar-refractivity contribution in [1.82, 2.24) is 0 Å². The molecule has 2 aromatic carbocycles. The Bertz CT molecular complexity index is 961. The molecular weight excluding hydrogens is 300 g/mol. The third kappa shape index (κ3) is 1.90. The Morgan fingerprint density at radius 3 is 2.29 bits per heavy atom. The van der Waals surface area contributed by atoms with E-state index in [4.69, 9.17) is 4.74 Å². The average Bonchev–Trinajstić information content (AvgIpc) is 2.55. The van der Waals surface area contributed by atoms with Crippen molar-refractivity contribution in [3.05, 3.63) is 52.1 Å². The molecule has 1 heterocycles. The van der Waals surface area contributed by atoms with Crippen LogP contribution in [0.5, 0.6) is 0 Å². The Labute approximate surface area is 141 Å². The molecule has 0 unspecified atom stereocenters. The molecule has 3 heteroatoms. The average molecular weight is 320 g/mol. The second-order valence-corrected chi connectivity index (χ2v) is 7.37. The summed E-state index contributed by atoms with van der Waals surface area (Å²) in [6, 6.07) is 7.79. The summed E-state index contributed by atoms with van der Waals surface area (Å²) in [7, 11) is 0. The van der Waals surface area contributed by atoms with E-state index in [-0.39, 0.29) is 5.60 Å². The molecule has 122 valence electrons. The van der Waals surface area contributed by atoms with Gasteiger partial charge in [0.15, 0.2) is 0 Å². The van der Waals surface area contributed by atoms with E-state index in [1.165, 1.54) is 0 Å². The van der Waals surface area contributed by atoms with Crippen LogP contribution >= 0.6 is 0 Å². The number of aryl methyl sites for hydroxylation is 1. The molecule has 0 saturated carbocycles. The summed E-state index contributed by atoms with van der Waals surface area (Å²) in [5.41, 5.74) is 3.70. The first kappa shape index (κ1) is 15.1. The Kier molecular flexibility index (Phi) is 3.02. The maximum absolute atomic E-state index is 12.9. The molecule has 1 aliphatic carbocycles. The Morgan fingerprint density at radius 1 is 0.917 bits per heavy atom. The van der Waals surface area contributed by atoms with E-state index in [0.29, 0.717) is 23.3 Å². The summed E-state index contributed by atoms with van der Waals surface area (Å²) in [5, 5.41) is 1.86. The number of rotatable bonds is 0. The number of hydrogen-bond acceptors (Lipinski definition) is 3. The van der Waals surface area contributed by atoms with Gasteiger partial charge in [0.25, 0.3) is 0 Å². The summed E-state index contributed by atoms with van der Waals surface area (Å²) in [5.74, 6) is -0.176. The summed E-state index contributed by atoms with van der Waals surface area (Å²) >= 11 is 0. The highest BCUT2D eigenvalue weighted by Gasteiger charge is 2.41. The number of hydrogen-bond donors (Lipinski definition) is 0. The van der Waals surface area contributed by atoms with Gasteiger partial charge >= 0.3 is 0 Å². The number of allylic oxidation sites excluding steroid dienone is 1. The molecule has 0 aromatic heterocycles. The normalized spacial score (nSPS) is 19.2. The molecule has 0 atom stereocenters. The molecule has 2 aromatic rings. The van der Waals surface area contributed by atoms with Gasteiger partial charge in [0.05, 0.1) is 0 Å². The molecule has 1 aliphatic heterocycles. The van der Waals surface area contributed by atoms with Crippen molar-refractivity contribution >= 4 is 28.1 Å². The molecule has 0 fully saturated rings. The minimum atomic E-state index is -0.401. The summed E-state index contributed by atoms with van der Waals surface area (Å²) in [4.78, 5) is 25.6. The lowest BCUT2D eigenvalue weighted by molar-refractivity contribution is -0.112. The number of benzene rings is 2. The van der Waals surface area contributed by atoms with Gasteiger partial charge in [-0.2, -0.15) is 0 Å². The second-order valence-electron chi connectivity index (χ2n) is 7.37. The van der Waals surface area contributed by atoms with Gasteiger partial charge in [0.2, 0.25) is 11.6 Å². The zero-order chi connectivity index (χ0) is 17.2. The van der Waals surface area contributed by atoms with Crippen molar-refractivity contribution in [3.63, 3.8) is 0 Å². The third-order valence-corrected chi connectivity index (χ3v) is 5.35. The number of ketones is 2. The molecular formula is C21H20O3. The zero-order valence-corrected chi connectivity index (χ0v) is 14.4. The monoisotopic (exact) mass is 320 g/mol. The molecule has 0 radical (unpaired) electrons. The van der Waals surface area contributed by atoms with Crippen LogP contribution < -0.4 is 0 Å². The van der Waals surface area contributed by atoms with Crippen molar-refractivity contribution in [3.8, 4) is 0 Å². The Morgan fingerprint density at radius 2 is 1.58 bits per heavy atom. The van der Waals surface area contributed by atoms with E-state index in [2.05, 4.69) is 6.92 Å². The number of carbonyl (C=O) groups is 2. The largest absolute Gasteiger partial charge is 0.487 e. The van der Waals surface area contributed by atoms with Crippen molar-refractivity contribution in [2.75, 3.05) is 0 Å². The molecule has 3 nitrogen and oxygen atoms in total. The first-order valence-corrected chi connectivity index (χ1v) is 8.35. The van der Waals surface area contributed by atoms with E-state index in [9.17, 15) is 9.59 Å². The van der Waals surface area contributed by atoms with Crippen molar-refractivity contribution < 1.29 is 14.3 Å². The maximum atomic E-state index is 12.9. The molecule has 24 heavy (non-hydrogen) atoms. The van der Waals surface area contributed by atoms with Gasteiger partial charge < -0.3 is 4.74 Å². The van der Waals surface area contributed by atoms with Gasteiger partial charge in [-0.05, 0) is 62.4 Å². The predicted octanol–water partition coefficient (Wildman–Crippen LogP) is 4.52. The first-order valence-electron chi connectivity index (χ1n) is 8.35. The Hall–Kier alpha value is -2.42. The standard InChI is InChI=1S/C21H20O3/c1-11-12(2)16-17(14-8-6-5-7-13(11)14)19(23)18(22)15-9-10-21(3,4)24-20(15)16/h5-8H,9-10H2,1-4H3. The third-order valence-electron chi connectivity index (χ3n) is 5.35. The number of ether oxygens (including phenoxy) is 1. The van der Waals surface area contributed by atoms with Gasteiger partial charge in [0, 0.05) is 16.7 Å². The van der Waals surface area contributed by atoms with Gasteiger partial charge in [-0.3, -0.25) is 9.59 Å². The lowest BCUT2D eigenvalue weighted by atomic mass is 9.78. The van der Waals surface area contributed by atoms with Crippen LogP contribution in [0.2, 0.25) is 0 Å². The van der Waals surface area contributed by atoms with Crippen molar-refractivity contribution in [2.45, 2.75) is 46.1 Å². The van der Waals surface area contributed by atoms with E-state index in [0.717, 1.165) is 33.9 Å². The predicted molar refractivity (Wildman–Crippen MR) is 94.1 cm³/mol. The van der Waals surface area contributed by atoms with Crippen molar-refractivity contribution in [2.24, 2.45) is 0 Å². The fourth-order valence-electron chi connectivity index (χ4n) is 3.86. The molecule has 0 bridgehead atoms. The Balaban J connectivity index is 2.15. The first-order chi connectivity index (χ1) is 11.3.